The van der Waals surface area contributed by atoms with Gasteiger partial charge in [0.25, 0.3) is 6.43 Å². The van der Waals surface area contributed by atoms with Gasteiger partial charge in [0.2, 0.25) is 0 Å². The molecule has 0 radical (unpaired) electrons. The minimum atomic E-state index is -2.69. The second kappa shape index (κ2) is 4.40. The van der Waals surface area contributed by atoms with E-state index in [1.54, 1.807) is 0 Å². The van der Waals surface area contributed by atoms with Gasteiger partial charge in [0.15, 0.2) is 0 Å². The topological polar surface area (TPSA) is 55.0 Å². The van der Waals surface area contributed by atoms with Crippen LogP contribution in [0.1, 0.15) is 22.5 Å². The third kappa shape index (κ3) is 1.90. The number of hydrogen-bond acceptors (Lipinski definition) is 3. The van der Waals surface area contributed by atoms with E-state index in [-0.39, 0.29) is 22.2 Å². The molecule has 2 rings (SSSR count). The van der Waals surface area contributed by atoms with E-state index in [9.17, 15) is 13.6 Å². The molecular formula is C10H7BrF2N2O2. The lowest BCUT2D eigenvalue weighted by Crippen LogP contribution is -2.02. The fourth-order valence-electron chi connectivity index (χ4n) is 1.54. The number of hydrogen-bond donors (Lipinski definition) is 1. The van der Waals surface area contributed by atoms with Crippen molar-refractivity contribution < 1.29 is 18.3 Å². The smallest absolute Gasteiger partial charge is 0.340 e. The fraction of sp³-hybridized carbons (Fsp3) is 0.200. The number of H-pyrrole nitrogens is 1. The Hall–Kier alpha value is -1.50. The lowest BCUT2D eigenvalue weighted by Gasteiger charge is -2.02. The van der Waals surface area contributed by atoms with Gasteiger partial charge in [-0.2, -0.15) is 5.10 Å². The summed E-state index contributed by atoms with van der Waals surface area (Å²) in [7, 11) is 1.22. The molecule has 7 heteroatoms. The van der Waals surface area contributed by atoms with Gasteiger partial charge in [0.05, 0.1) is 12.7 Å². The van der Waals surface area contributed by atoms with E-state index in [1.165, 1.54) is 19.2 Å². The summed E-state index contributed by atoms with van der Waals surface area (Å²) in [6.07, 6.45) is -2.69. The van der Waals surface area contributed by atoms with Crippen molar-refractivity contribution in [2.45, 2.75) is 6.43 Å². The number of carbonyl (C=O) groups is 1. The first-order valence-electron chi connectivity index (χ1n) is 4.59. The lowest BCUT2D eigenvalue weighted by atomic mass is 10.1. The number of fused-ring (bicyclic) bond motifs is 1. The van der Waals surface area contributed by atoms with Crippen LogP contribution in [-0.4, -0.2) is 23.3 Å². The number of aromatic nitrogens is 2. The van der Waals surface area contributed by atoms with E-state index in [1.807, 2.05) is 0 Å². The molecular weight excluding hydrogens is 298 g/mol. The van der Waals surface area contributed by atoms with Crippen LogP contribution in [0.15, 0.2) is 16.6 Å². The Kier molecular flexibility index (Phi) is 3.10. The van der Waals surface area contributed by atoms with Crippen molar-refractivity contribution in [1.82, 2.24) is 10.2 Å². The first-order valence-corrected chi connectivity index (χ1v) is 5.38. The van der Waals surface area contributed by atoms with Gasteiger partial charge in [-0.05, 0) is 12.1 Å². The van der Waals surface area contributed by atoms with Crippen molar-refractivity contribution in [2.24, 2.45) is 0 Å². The minimum absolute atomic E-state index is 0.147. The van der Waals surface area contributed by atoms with E-state index in [4.69, 9.17) is 0 Å². The van der Waals surface area contributed by atoms with Crippen LogP contribution in [0.5, 0.6) is 0 Å². The van der Waals surface area contributed by atoms with Crippen LogP contribution in [0.25, 0.3) is 10.9 Å². The van der Waals surface area contributed by atoms with Crippen molar-refractivity contribution in [2.75, 3.05) is 7.11 Å². The largest absolute Gasteiger partial charge is 0.465 e. The minimum Gasteiger partial charge on any atom is -0.465 e. The van der Waals surface area contributed by atoms with Crippen LogP contribution in [0, 0.1) is 0 Å². The van der Waals surface area contributed by atoms with Crippen LogP contribution in [-0.2, 0) is 4.74 Å². The summed E-state index contributed by atoms with van der Waals surface area (Å²) in [6, 6.07) is 2.98. The summed E-state index contributed by atoms with van der Waals surface area (Å²) < 4.78 is 30.4. The molecule has 0 saturated carbocycles. The highest BCUT2D eigenvalue weighted by Crippen LogP contribution is 2.33. The summed E-state index contributed by atoms with van der Waals surface area (Å²) in [5.74, 6) is -0.616. The molecule has 1 aromatic carbocycles. The zero-order chi connectivity index (χ0) is 12.6. The Balaban J connectivity index is 2.76. The van der Waals surface area contributed by atoms with Crippen LogP contribution >= 0.6 is 15.9 Å². The van der Waals surface area contributed by atoms with Crippen molar-refractivity contribution in [3.05, 3.63) is 27.9 Å². The Morgan fingerprint density at radius 3 is 2.82 bits per heavy atom. The molecule has 0 unspecified atom stereocenters. The molecule has 0 amide bonds. The molecule has 0 aliphatic rings. The molecule has 0 aliphatic heterocycles. The van der Waals surface area contributed by atoms with Crippen molar-refractivity contribution in [3.63, 3.8) is 0 Å². The highest BCUT2D eigenvalue weighted by Gasteiger charge is 2.21. The molecule has 1 N–H and O–H groups in total. The Morgan fingerprint density at radius 2 is 2.24 bits per heavy atom. The maximum atomic E-state index is 12.7. The van der Waals surface area contributed by atoms with Crippen molar-refractivity contribution >= 4 is 32.8 Å². The van der Waals surface area contributed by atoms with Gasteiger partial charge in [-0.3, -0.25) is 5.10 Å². The van der Waals surface area contributed by atoms with Crippen molar-refractivity contribution in [1.29, 1.82) is 0 Å². The molecule has 1 aromatic heterocycles. The summed E-state index contributed by atoms with van der Waals surface area (Å²) in [5.41, 5.74) is -0.00648. The van der Waals surface area contributed by atoms with E-state index < -0.39 is 12.4 Å². The van der Waals surface area contributed by atoms with E-state index >= 15 is 0 Å². The summed E-state index contributed by atoms with van der Waals surface area (Å²) in [5, 5.41) is 6.17. The fourth-order valence-corrected chi connectivity index (χ4v) is 2.08. The number of ether oxygens (including phenoxy) is 1. The predicted octanol–water partition coefficient (Wildman–Crippen LogP) is 3.05. The number of esters is 1. The SMILES string of the molecule is COC(=O)c1ccc(Br)c2c(C(F)F)[nH]nc12. The van der Waals surface area contributed by atoms with Crippen LogP contribution < -0.4 is 0 Å². The van der Waals surface area contributed by atoms with Gasteiger partial charge in [-0.1, -0.05) is 15.9 Å². The number of benzene rings is 1. The van der Waals surface area contributed by atoms with Gasteiger partial charge >= 0.3 is 5.97 Å². The van der Waals surface area contributed by atoms with Gasteiger partial charge in [-0.15, -0.1) is 0 Å². The van der Waals surface area contributed by atoms with E-state index in [2.05, 4.69) is 30.9 Å². The molecule has 0 saturated heterocycles. The average molecular weight is 305 g/mol. The summed E-state index contributed by atoms with van der Waals surface area (Å²) in [4.78, 5) is 11.4. The van der Waals surface area contributed by atoms with Gasteiger partial charge in [0, 0.05) is 9.86 Å². The van der Waals surface area contributed by atoms with Gasteiger partial charge in [-0.25, -0.2) is 13.6 Å². The summed E-state index contributed by atoms with van der Waals surface area (Å²) in [6.45, 7) is 0. The van der Waals surface area contributed by atoms with E-state index in [0.29, 0.717) is 4.47 Å². The number of halogens is 3. The van der Waals surface area contributed by atoms with Crippen LogP contribution in [0.4, 0.5) is 8.78 Å². The maximum Gasteiger partial charge on any atom is 0.340 e. The molecule has 0 spiro atoms. The quantitative estimate of drug-likeness (QED) is 0.868. The molecule has 17 heavy (non-hydrogen) atoms. The Morgan fingerprint density at radius 1 is 1.53 bits per heavy atom. The molecule has 0 bridgehead atoms. The molecule has 4 nitrogen and oxygen atoms in total. The zero-order valence-electron chi connectivity index (χ0n) is 8.63. The number of rotatable bonds is 2. The lowest BCUT2D eigenvalue weighted by molar-refractivity contribution is 0.0602. The third-order valence-electron chi connectivity index (χ3n) is 2.31. The standard InChI is InChI=1S/C10H7BrF2N2O2/c1-17-10(16)4-2-3-5(11)6-7(4)14-15-8(6)9(12)13/h2-3,9H,1H3,(H,14,15). The van der Waals surface area contributed by atoms with Gasteiger partial charge < -0.3 is 4.74 Å². The first kappa shape index (κ1) is 12.0. The highest BCUT2D eigenvalue weighted by atomic mass is 79.9. The second-order valence-corrected chi connectivity index (χ2v) is 4.10. The Labute approximate surface area is 103 Å². The Bertz CT molecular complexity index is 583. The normalized spacial score (nSPS) is 11.1. The van der Waals surface area contributed by atoms with Crippen LogP contribution in [0.2, 0.25) is 0 Å². The number of aromatic amines is 1. The monoisotopic (exact) mass is 304 g/mol. The molecule has 1 heterocycles. The van der Waals surface area contributed by atoms with Crippen LogP contribution in [0.3, 0.4) is 0 Å². The number of nitrogens with one attached hydrogen (secondary N) is 1. The maximum absolute atomic E-state index is 12.7. The molecule has 90 valence electrons. The predicted molar refractivity (Wildman–Crippen MR) is 60.1 cm³/mol. The number of carbonyl (C=O) groups excluding carboxylic acids is 1. The number of methoxy groups -OCH3 is 1. The molecule has 0 atom stereocenters. The third-order valence-corrected chi connectivity index (χ3v) is 2.97. The second-order valence-electron chi connectivity index (χ2n) is 3.25. The van der Waals surface area contributed by atoms with E-state index in [0.717, 1.165) is 0 Å². The average Bonchev–Trinajstić information content (AvgIpc) is 2.74. The number of alkyl halides is 2. The number of nitrogens with zero attached hydrogens (tertiary/aromatic N) is 1. The van der Waals surface area contributed by atoms with Gasteiger partial charge in [0.1, 0.15) is 11.2 Å². The van der Waals surface area contributed by atoms with Crippen molar-refractivity contribution in [3.8, 4) is 0 Å². The highest BCUT2D eigenvalue weighted by molar-refractivity contribution is 9.10. The molecule has 0 aliphatic carbocycles. The molecule has 2 aromatic rings. The zero-order valence-corrected chi connectivity index (χ0v) is 10.2. The summed E-state index contributed by atoms with van der Waals surface area (Å²) >= 11 is 3.15. The first-order chi connectivity index (χ1) is 8.06. The molecule has 0 fully saturated rings.